The van der Waals surface area contributed by atoms with Crippen LogP contribution < -0.4 is 4.90 Å². The van der Waals surface area contributed by atoms with Gasteiger partial charge in [-0.25, -0.2) is 0 Å². The number of aromatic nitrogens is 1. The van der Waals surface area contributed by atoms with Crippen LogP contribution in [0.15, 0.2) is 18.5 Å². The fraction of sp³-hybridized carbons (Fsp3) is 0.538. The van der Waals surface area contributed by atoms with E-state index in [0.29, 0.717) is 13.0 Å². The van der Waals surface area contributed by atoms with Gasteiger partial charge >= 0.3 is 5.97 Å². The van der Waals surface area contributed by atoms with Gasteiger partial charge in [0.1, 0.15) is 0 Å². The second kappa shape index (κ2) is 3.72. The summed E-state index contributed by atoms with van der Waals surface area (Å²) in [5.74, 6) is -0.0470. The first-order chi connectivity index (χ1) is 8.17. The summed E-state index contributed by atoms with van der Waals surface area (Å²) >= 11 is 0. The standard InChI is InChI=1S/C13H16N2O2/c1-10-4-11(7-14-6-10)15-3-2-13(8-15)5-12(16)17-9-13/h4,6-7H,2-3,5,8-9H2,1H3. The summed E-state index contributed by atoms with van der Waals surface area (Å²) in [5.41, 5.74) is 2.38. The largest absolute Gasteiger partial charge is 0.465 e. The third-order valence-electron chi connectivity index (χ3n) is 3.72. The summed E-state index contributed by atoms with van der Waals surface area (Å²) in [7, 11) is 0. The lowest BCUT2D eigenvalue weighted by atomic mass is 9.86. The first-order valence-electron chi connectivity index (χ1n) is 5.99. The molecule has 1 aromatic rings. The number of anilines is 1. The van der Waals surface area contributed by atoms with Gasteiger partial charge in [-0.2, -0.15) is 0 Å². The highest BCUT2D eigenvalue weighted by atomic mass is 16.5. The Labute approximate surface area is 101 Å². The Morgan fingerprint density at radius 2 is 2.35 bits per heavy atom. The molecule has 1 atom stereocenters. The molecule has 17 heavy (non-hydrogen) atoms. The Morgan fingerprint density at radius 3 is 3.06 bits per heavy atom. The van der Waals surface area contributed by atoms with E-state index in [1.54, 1.807) is 0 Å². The van der Waals surface area contributed by atoms with Crippen molar-refractivity contribution in [1.82, 2.24) is 4.98 Å². The average Bonchev–Trinajstić information content (AvgIpc) is 2.87. The van der Waals surface area contributed by atoms with Crippen molar-refractivity contribution in [3.05, 3.63) is 24.0 Å². The third-order valence-corrected chi connectivity index (χ3v) is 3.72. The van der Waals surface area contributed by atoms with Gasteiger partial charge in [0, 0.05) is 24.7 Å². The number of cyclic esters (lactones) is 1. The van der Waals surface area contributed by atoms with Crippen molar-refractivity contribution in [2.45, 2.75) is 19.8 Å². The minimum absolute atomic E-state index is 0.0470. The van der Waals surface area contributed by atoms with Crippen molar-refractivity contribution in [3.8, 4) is 0 Å². The lowest BCUT2D eigenvalue weighted by Gasteiger charge is -2.22. The number of hydrogen-bond donors (Lipinski definition) is 0. The van der Waals surface area contributed by atoms with Gasteiger partial charge in [0.15, 0.2) is 0 Å². The molecular weight excluding hydrogens is 216 g/mol. The van der Waals surface area contributed by atoms with Crippen LogP contribution in [0, 0.1) is 12.3 Å². The molecule has 0 aromatic carbocycles. The van der Waals surface area contributed by atoms with Gasteiger partial charge in [0.05, 0.1) is 24.9 Å². The van der Waals surface area contributed by atoms with E-state index in [4.69, 9.17) is 4.74 Å². The molecule has 4 heteroatoms. The number of esters is 1. The fourth-order valence-corrected chi connectivity index (χ4v) is 2.77. The van der Waals surface area contributed by atoms with Crippen molar-refractivity contribution < 1.29 is 9.53 Å². The number of carbonyl (C=O) groups is 1. The quantitative estimate of drug-likeness (QED) is 0.689. The number of aryl methyl sites for hydroxylation is 1. The van der Waals surface area contributed by atoms with E-state index in [1.165, 1.54) is 5.56 Å². The molecule has 4 nitrogen and oxygen atoms in total. The molecule has 1 unspecified atom stereocenters. The van der Waals surface area contributed by atoms with E-state index in [-0.39, 0.29) is 11.4 Å². The van der Waals surface area contributed by atoms with Crippen LogP contribution in [0.25, 0.3) is 0 Å². The van der Waals surface area contributed by atoms with E-state index in [9.17, 15) is 4.79 Å². The summed E-state index contributed by atoms with van der Waals surface area (Å²) < 4.78 is 5.12. The van der Waals surface area contributed by atoms with E-state index in [2.05, 4.69) is 16.0 Å². The fourth-order valence-electron chi connectivity index (χ4n) is 2.77. The molecular formula is C13H16N2O2. The first kappa shape index (κ1) is 10.6. The van der Waals surface area contributed by atoms with Gasteiger partial charge in [0.25, 0.3) is 0 Å². The predicted molar refractivity (Wildman–Crippen MR) is 63.8 cm³/mol. The maximum absolute atomic E-state index is 11.2. The summed E-state index contributed by atoms with van der Waals surface area (Å²) in [5, 5.41) is 0. The van der Waals surface area contributed by atoms with Crippen LogP contribution >= 0.6 is 0 Å². The molecule has 0 radical (unpaired) electrons. The molecule has 0 aliphatic carbocycles. The van der Waals surface area contributed by atoms with Crippen molar-refractivity contribution >= 4 is 11.7 Å². The Balaban J connectivity index is 1.78. The van der Waals surface area contributed by atoms with E-state index >= 15 is 0 Å². The van der Waals surface area contributed by atoms with Crippen LogP contribution in [0.5, 0.6) is 0 Å². The molecule has 2 saturated heterocycles. The van der Waals surface area contributed by atoms with Crippen molar-refractivity contribution in [3.63, 3.8) is 0 Å². The maximum Gasteiger partial charge on any atom is 0.306 e. The maximum atomic E-state index is 11.2. The molecule has 2 fully saturated rings. The zero-order chi connectivity index (χ0) is 11.9. The monoisotopic (exact) mass is 232 g/mol. The number of rotatable bonds is 1. The molecule has 0 N–H and O–H groups in total. The topological polar surface area (TPSA) is 42.4 Å². The van der Waals surface area contributed by atoms with Crippen molar-refractivity contribution in [2.24, 2.45) is 5.41 Å². The Kier molecular flexibility index (Phi) is 2.31. The highest BCUT2D eigenvalue weighted by Crippen LogP contribution is 2.40. The first-order valence-corrected chi connectivity index (χ1v) is 5.99. The SMILES string of the molecule is Cc1cncc(N2CCC3(COC(=O)C3)C2)c1. The number of pyridine rings is 1. The van der Waals surface area contributed by atoms with Crippen LogP contribution in [-0.4, -0.2) is 30.6 Å². The Hall–Kier alpha value is -1.58. The zero-order valence-electron chi connectivity index (χ0n) is 9.98. The highest BCUT2D eigenvalue weighted by Gasteiger charge is 2.45. The summed E-state index contributed by atoms with van der Waals surface area (Å²) in [4.78, 5) is 17.8. The van der Waals surface area contributed by atoms with E-state index < -0.39 is 0 Å². The smallest absolute Gasteiger partial charge is 0.306 e. The van der Waals surface area contributed by atoms with E-state index in [0.717, 1.165) is 25.2 Å². The minimum atomic E-state index is -0.0470. The van der Waals surface area contributed by atoms with Crippen molar-refractivity contribution in [2.75, 3.05) is 24.6 Å². The lowest BCUT2D eigenvalue weighted by molar-refractivity contribution is -0.137. The molecule has 0 amide bonds. The lowest BCUT2D eigenvalue weighted by Crippen LogP contribution is -2.27. The van der Waals surface area contributed by atoms with E-state index in [1.807, 2.05) is 19.3 Å². The predicted octanol–water partition coefficient (Wildman–Crippen LogP) is 1.53. The summed E-state index contributed by atoms with van der Waals surface area (Å²) in [6.45, 7) is 4.53. The van der Waals surface area contributed by atoms with Crippen LogP contribution in [0.1, 0.15) is 18.4 Å². The van der Waals surface area contributed by atoms with Gasteiger partial charge in [-0.1, -0.05) is 0 Å². The molecule has 0 saturated carbocycles. The molecule has 3 heterocycles. The number of nitrogens with zero attached hydrogens (tertiary/aromatic N) is 2. The normalized spacial score (nSPS) is 27.8. The zero-order valence-corrected chi connectivity index (χ0v) is 9.98. The number of ether oxygens (including phenoxy) is 1. The summed E-state index contributed by atoms with van der Waals surface area (Å²) in [6, 6.07) is 2.14. The molecule has 1 aromatic heterocycles. The molecule has 3 rings (SSSR count). The molecule has 0 bridgehead atoms. The third kappa shape index (κ3) is 1.88. The van der Waals surface area contributed by atoms with Gasteiger partial charge in [-0.3, -0.25) is 9.78 Å². The van der Waals surface area contributed by atoms with Crippen LogP contribution in [0.3, 0.4) is 0 Å². The Morgan fingerprint density at radius 1 is 1.47 bits per heavy atom. The Bertz CT molecular complexity index is 460. The van der Waals surface area contributed by atoms with Gasteiger partial charge in [-0.15, -0.1) is 0 Å². The number of hydrogen-bond acceptors (Lipinski definition) is 4. The number of carbonyl (C=O) groups excluding carboxylic acids is 1. The molecule has 1 spiro atoms. The van der Waals surface area contributed by atoms with Gasteiger partial charge in [-0.05, 0) is 25.0 Å². The van der Waals surface area contributed by atoms with Crippen LogP contribution in [0.4, 0.5) is 5.69 Å². The van der Waals surface area contributed by atoms with Gasteiger partial charge < -0.3 is 9.64 Å². The molecule has 2 aliphatic rings. The van der Waals surface area contributed by atoms with Crippen LogP contribution in [0.2, 0.25) is 0 Å². The second-order valence-electron chi connectivity index (χ2n) is 5.23. The second-order valence-corrected chi connectivity index (χ2v) is 5.23. The summed E-state index contributed by atoms with van der Waals surface area (Å²) in [6.07, 6.45) is 5.36. The van der Waals surface area contributed by atoms with Crippen LogP contribution in [-0.2, 0) is 9.53 Å². The van der Waals surface area contributed by atoms with Crippen molar-refractivity contribution in [1.29, 1.82) is 0 Å². The molecule has 2 aliphatic heterocycles. The molecule has 90 valence electrons. The minimum Gasteiger partial charge on any atom is -0.465 e. The highest BCUT2D eigenvalue weighted by molar-refractivity contribution is 5.73. The van der Waals surface area contributed by atoms with Gasteiger partial charge in [0.2, 0.25) is 0 Å². The average molecular weight is 232 g/mol.